The molecule has 0 spiro atoms. The summed E-state index contributed by atoms with van der Waals surface area (Å²) in [6.07, 6.45) is 7.48. The second-order valence-corrected chi connectivity index (χ2v) is 5.75. The molecule has 0 unspecified atom stereocenters. The summed E-state index contributed by atoms with van der Waals surface area (Å²) in [4.78, 5) is 26.8. The number of hydrogen-bond donors (Lipinski definition) is 3. The fraction of sp³-hybridized carbons (Fsp3) is 0.812. The normalized spacial score (nSPS) is 11.2. The highest BCUT2D eigenvalue weighted by atomic mass is 35.5. The van der Waals surface area contributed by atoms with Crippen LogP contribution in [-0.2, 0) is 14.3 Å². The van der Waals surface area contributed by atoms with Crippen molar-refractivity contribution in [3.8, 4) is 0 Å². The van der Waals surface area contributed by atoms with E-state index in [9.17, 15) is 9.59 Å². The number of unbranched alkanes of at least 4 members (excludes halogenated alkanes) is 5. The Bertz CT molecular complexity index is 374. The first-order chi connectivity index (χ1) is 11.0. The molecule has 0 aliphatic heterocycles. The van der Waals surface area contributed by atoms with E-state index in [-0.39, 0.29) is 30.8 Å². The van der Waals surface area contributed by atoms with Gasteiger partial charge in [-0.15, -0.1) is 12.4 Å². The average Bonchev–Trinajstić information content (AvgIpc) is 2.45. The van der Waals surface area contributed by atoms with Crippen molar-refractivity contribution in [3.05, 3.63) is 0 Å². The van der Waals surface area contributed by atoms with Gasteiger partial charge in [-0.1, -0.05) is 32.6 Å². The number of esters is 1. The second-order valence-electron chi connectivity index (χ2n) is 5.75. The minimum Gasteiger partial charge on any atom is -0.462 e. The molecule has 0 rings (SSSR count). The molecule has 0 bridgehead atoms. The number of primary amides is 1. The van der Waals surface area contributed by atoms with Crippen molar-refractivity contribution in [2.75, 3.05) is 6.54 Å². The largest absolute Gasteiger partial charge is 0.462 e. The number of amides is 1. The molecule has 0 aliphatic rings. The van der Waals surface area contributed by atoms with E-state index in [1.54, 1.807) is 0 Å². The van der Waals surface area contributed by atoms with E-state index >= 15 is 0 Å². The lowest BCUT2D eigenvalue weighted by Gasteiger charge is -2.16. The number of nitrogens with zero attached hydrogens (tertiary/aromatic N) is 1. The second kappa shape index (κ2) is 16.4. The zero-order valence-corrected chi connectivity index (χ0v) is 15.5. The average molecular weight is 365 g/mol. The highest BCUT2D eigenvalue weighted by molar-refractivity contribution is 5.85. The minimum atomic E-state index is -0.463. The highest BCUT2D eigenvalue weighted by Gasteiger charge is 2.16. The molecule has 0 aliphatic carbocycles. The molecule has 8 heteroatoms. The summed E-state index contributed by atoms with van der Waals surface area (Å²) in [6, 6.07) is 0. The molecule has 1 atom stereocenters. The van der Waals surface area contributed by atoms with Crippen LogP contribution < -0.4 is 17.2 Å². The number of rotatable bonds is 14. The number of hydrogen-bond acceptors (Lipinski definition) is 4. The van der Waals surface area contributed by atoms with Crippen molar-refractivity contribution in [2.45, 2.75) is 77.2 Å². The maximum absolute atomic E-state index is 11.8. The molecule has 0 saturated heterocycles. The molecule has 0 saturated carbocycles. The number of nitrogens with two attached hydrogens (primary N) is 3. The zero-order chi connectivity index (χ0) is 17.5. The topological polar surface area (TPSA) is 134 Å². The summed E-state index contributed by atoms with van der Waals surface area (Å²) in [5.74, 6) is -0.653. The fourth-order valence-electron chi connectivity index (χ4n) is 2.24. The van der Waals surface area contributed by atoms with Crippen LogP contribution in [0.25, 0.3) is 0 Å². The summed E-state index contributed by atoms with van der Waals surface area (Å²) in [5, 5.41) is 0. The molecular formula is C16H33ClN4O3. The third kappa shape index (κ3) is 16.9. The lowest BCUT2D eigenvalue weighted by Crippen LogP contribution is -2.25. The van der Waals surface area contributed by atoms with Crippen molar-refractivity contribution in [2.24, 2.45) is 22.2 Å². The molecule has 0 aromatic heterocycles. The monoisotopic (exact) mass is 364 g/mol. The van der Waals surface area contributed by atoms with Gasteiger partial charge in [-0.05, 0) is 25.7 Å². The van der Waals surface area contributed by atoms with Gasteiger partial charge in [0.2, 0.25) is 5.91 Å². The van der Waals surface area contributed by atoms with E-state index in [1.807, 2.05) is 0 Å². The van der Waals surface area contributed by atoms with E-state index < -0.39 is 12.0 Å². The van der Waals surface area contributed by atoms with Gasteiger partial charge in [-0.3, -0.25) is 14.6 Å². The fourth-order valence-corrected chi connectivity index (χ4v) is 2.24. The first-order valence-electron chi connectivity index (χ1n) is 8.48. The van der Waals surface area contributed by atoms with Crippen molar-refractivity contribution in [3.63, 3.8) is 0 Å². The zero-order valence-electron chi connectivity index (χ0n) is 14.7. The van der Waals surface area contributed by atoms with Gasteiger partial charge in [0.1, 0.15) is 6.10 Å². The Labute approximate surface area is 151 Å². The molecule has 142 valence electrons. The van der Waals surface area contributed by atoms with Crippen LogP contribution in [0, 0.1) is 0 Å². The molecule has 24 heavy (non-hydrogen) atoms. The van der Waals surface area contributed by atoms with Gasteiger partial charge in [0.05, 0.1) is 6.42 Å². The Balaban J connectivity index is 0. The number of guanidine groups is 1. The van der Waals surface area contributed by atoms with Gasteiger partial charge in [0.15, 0.2) is 5.96 Å². The quantitative estimate of drug-likeness (QED) is 0.187. The summed E-state index contributed by atoms with van der Waals surface area (Å²) >= 11 is 0. The number of halogens is 1. The van der Waals surface area contributed by atoms with Crippen molar-refractivity contribution < 1.29 is 14.3 Å². The van der Waals surface area contributed by atoms with E-state index in [0.717, 1.165) is 32.1 Å². The van der Waals surface area contributed by atoms with Crippen LogP contribution in [0.2, 0.25) is 0 Å². The molecule has 6 N–H and O–H groups in total. The van der Waals surface area contributed by atoms with Gasteiger partial charge in [0.25, 0.3) is 0 Å². The molecule has 0 radical (unpaired) electrons. The Morgan fingerprint density at radius 1 is 1.00 bits per heavy atom. The Morgan fingerprint density at radius 2 is 1.67 bits per heavy atom. The van der Waals surface area contributed by atoms with Gasteiger partial charge in [0, 0.05) is 13.0 Å². The summed E-state index contributed by atoms with van der Waals surface area (Å²) in [7, 11) is 0. The third-order valence-corrected chi connectivity index (χ3v) is 3.44. The molecular weight excluding hydrogens is 332 g/mol. The van der Waals surface area contributed by atoms with Crippen LogP contribution in [0.15, 0.2) is 4.99 Å². The number of carbonyl (C=O) groups is 2. The molecule has 1 amide bonds. The Kier molecular flexibility index (Phi) is 16.9. The van der Waals surface area contributed by atoms with Crippen LogP contribution in [0.1, 0.15) is 71.1 Å². The molecule has 0 aromatic rings. The van der Waals surface area contributed by atoms with Gasteiger partial charge < -0.3 is 21.9 Å². The van der Waals surface area contributed by atoms with Gasteiger partial charge >= 0.3 is 5.97 Å². The lowest BCUT2D eigenvalue weighted by atomic mass is 10.1. The summed E-state index contributed by atoms with van der Waals surface area (Å²) in [5.41, 5.74) is 15.7. The molecule has 0 heterocycles. The van der Waals surface area contributed by atoms with Crippen LogP contribution in [0.5, 0.6) is 0 Å². The van der Waals surface area contributed by atoms with Crippen molar-refractivity contribution in [1.29, 1.82) is 0 Å². The third-order valence-electron chi connectivity index (χ3n) is 3.44. The van der Waals surface area contributed by atoms with E-state index in [2.05, 4.69) is 11.9 Å². The molecule has 0 fully saturated rings. The first kappa shape index (κ1) is 24.7. The number of ether oxygens (including phenoxy) is 1. The molecule has 7 nitrogen and oxygen atoms in total. The summed E-state index contributed by atoms with van der Waals surface area (Å²) in [6.45, 7) is 2.67. The van der Waals surface area contributed by atoms with E-state index in [1.165, 1.54) is 12.8 Å². The van der Waals surface area contributed by atoms with Crippen molar-refractivity contribution in [1.82, 2.24) is 0 Å². The van der Waals surface area contributed by atoms with Crippen LogP contribution in [0.4, 0.5) is 0 Å². The Morgan fingerprint density at radius 3 is 2.25 bits per heavy atom. The van der Waals surface area contributed by atoms with Crippen LogP contribution in [0.3, 0.4) is 0 Å². The number of aliphatic imine (C=N–C) groups is 1. The van der Waals surface area contributed by atoms with Gasteiger partial charge in [-0.2, -0.15) is 0 Å². The van der Waals surface area contributed by atoms with Gasteiger partial charge in [-0.25, -0.2) is 0 Å². The maximum atomic E-state index is 11.8. The van der Waals surface area contributed by atoms with Crippen LogP contribution in [-0.4, -0.2) is 30.5 Å². The van der Waals surface area contributed by atoms with E-state index in [0.29, 0.717) is 19.4 Å². The number of carbonyl (C=O) groups excluding carboxylic acids is 2. The van der Waals surface area contributed by atoms with Crippen molar-refractivity contribution >= 4 is 30.2 Å². The minimum absolute atomic E-state index is 0. The SMILES string of the molecule is CCCCCCCC(=O)O[C@@H](CCCCN=C(N)N)CC(N)=O.Cl. The first-order valence-corrected chi connectivity index (χ1v) is 8.48. The smallest absolute Gasteiger partial charge is 0.306 e. The molecule has 0 aromatic carbocycles. The highest BCUT2D eigenvalue weighted by Crippen LogP contribution is 2.12. The lowest BCUT2D eigenvalue weighted by molar-refractivity contribution is -0.150. The van der Waals surface area contributed by atoms with E-state index in [4.69, 9.17) is 21.9 Å². The standard InChI is InChI=1S/C16H32N4O3.ClH/c1-2-3-4-5-6-10-15(22)23-13(12-14(17)21)9-7-8-11-20-16(18)19;/h13H,2-12H2,1H3,(H2,17,21)(H4,18,19,20);1H/t13-;/m0./s1. The predicted molar refractivity (Wildman–Crippen MR) is 98.8 cm³/mol. The maximum Gasteiger partial charge on any atom is 0.306 e. The van der Waals surface area contributed by atoms with Crippen LogP contribution >= 0.6 is 12.4 Å². The Hall–Kier alpha value is -1.50. The summed E-state index contributed by atoms with van der Waals surface area (Å²) < 4.78 is 5.37. The predicted octanol–water partition coefficient (Wildman–Crippen LogP) is 2.00.